The van der Waals surface area contributed by atoms with Gasteiger partial charge in [0.15, 0.2) is 24.7 Å². The first-order chi connectivity index (χ1) is 15.5. The molecule has 0 spiro atoms. The number of nitrogens with zero attached hydrogens (tertiary/aromatic N) is 2. The van der Waals surface area contributed by atoms with Crippen molar-refractivity contribution in [1.82, 2.24) is 4.98 Å². The lowest BCUT2D eigenvalue weighted by molar-refractivity contribution is -0.620. The van der Waals surface area contributed by atoms with E-state index < -0.39 is 11.9 Å². The number of methoxy groups -OCH3 is 2. The molecule has 0 saturated carbocycles. The van der Waals surface area contributed by atoms with Crippen LogP contribution in [0.5, 0.6) is 17.2 Å². The lowest BCUT2D eigenvalue weighted by atomic mass is 10.2. The third kappa shape index (κ3) is 5.63. The van der Waals surface area contributed by atoms with E-state index in [4.69, 9.17) is 18.9 Å². The van der Waals surface area contributed by atoms with Crippen LogP contribution in [0, 0.1) is 5.21 Å². The topological polar surface area (TPSA) is 123 Å². The Morgan fingerprint density at radius 2 is 1.81 bits per heavy atom. The Morgan fingerprint density at radius 3 is 2.56 bits per heavy atom. The highest BCUT2D eigenvalue weighted by molar-refractivity contribution is 5.93. The summed E-state index contributed by atoms with van der Waals surface area (Å²) in [5, 5.41) is 14.3. The number of nitrogens with one attached hydrogen (secondary N) is 1. The van der Waals surface area contributed by atoms with Gasteiger partial charge in [-0.3, -0.25) is 4.79 Å². The number of ether oxygens (including phenoxy) is 4. The summed E-state index contributed by atoms with van der Waals surface area (Å²) < 4.78 is 21.6. The van der Waals surface area contributed by atoms with Crippen molar-refractivity contribution in [2.75, 3.05) is 26.1 Å². The molecule has 2 aromatic carbocycles. The standard InChI is InChI=1S/C22H21N3O7/c1-29-17-7-4-3-6-16(17)24-21(26)14-31-18-9-8-15(12-19(18)30-2)22(27)32-13-20-23-10-5-11-25(20)28/h3-12H,13-14H2,1-2H3,(H,24,26). The number of benzene rings is 2. The molecule has 1 aromatic heterocycles. The third-order valence-electron chi connectivity index (χ3n) is 4.26. The summed E-state index contributed by atoms with van der Waals surface area (Å²) in [5.41, 5.74) is 0.696. The highest BCUT2D eigenvalue weighted by Crippen LogP contribution is 2.29. The summed E-state index contributed by atoms with van der Waals surface area (Å²) >= 11 is 0. The molecule has 3 rings (SSSR count). The van der Waals surface area contributed by atoms with Gasteiger partial charge in [0.1, 0.15) is 11.9 Å². The van der Waals surface area contributed by atoms with Crippen molar-refractivity contribution >= 4 is 17.6 Å². The van der Waals surface area contributed by atoms with E-state index in [1.807, 2.05) is 0 Å². The zero-order valence-corrected chi connectivity index (χ0v) is 17.4. The number of hydrogen-bond acceptors (Lipinski definition) is 8. The number of aromatic nitrogens is 2. The van der Waals surface area contributed by atoms with Gasteiger partial charge in [-0.05, 0) is 35.3 Å². The van der Waals surface area contributed by atoms with Crippen LogP contribution in [0.4, 0.5) is 5.69 Å². The SMILES string of the molecule is COc1ccccc1NC(=O)COc1ccc(C(=O)OCc2nccc[n+]2[O-])cc1OC. The molecule has 0 aliphatic rings. The molecule has 1 amide bonds. The predicted octanol–water partition coefficient (Wildman–Crippen LogP) is 2.11. The Kier molecular flexibility index (Phi) is 7.42. The number of rotatable bonds is 9. The van der Waals surface area contributed by atoms with Gasteiger partial charge in [-0.25, -0.2) is 9.52 Å². The molecule has 1 N–H and O–H groups in total. The highest BCUT2D eigenvalue weighted by atomic mass is 16.5. The molecule has 0 saturated heterocycles. The minimum absolute atomic E-state index is 0.0498. The molecule has 32 heavy (non-hydrogen) atoms. The molecule has 3 aromatic rings. The number of amides is 1. The zero-order chi connectivity index (χ0) is 22.9. The number of para-hydroxylation sites is 2. The van der Waals surface area contributed by atoms with Crippen LogP contribution in [-0.4, -0.2) is 37.7 Å². The maximum absolute atomic E-state index is 12.3. The summed E-state index contributed by atoms with van der Waals surface area (Å²) in [5.74, 6) is 0.00156. The first-order valence-corrected chi connectivity index (χ1v) is 9.45. The molecule has 166 valence electrons. The van der Waals surface area contributed by atoms with Crippen molar-refractivity contribution in [2.45, 2.75) is 6.61 Å². The molecule has 0 bridgehead atoms. The number of esters is 1. The first-order valence-electron chi connectivity index (χ1n) is 9.45. The Labute approximate surface area is 183 Å². The monoisotopic (exact) mass is 439 g/mol. The quantitative estimate of drug-likeness (QED) is 0.306. The minimum Gasteiger partial charge on any atom is -0.711 e. The summed E-state index contributed by atoms with van der Waals surface area (Å²) in [6.07, 6.45) is 2.69. The average Bonchev–Trinajstić information content (AvgIpc) is 2.82. The largest absolute Gasteiger partial charge is 0.711 e. The van der Waals surface area contributed by atoms with E-state index in [0.717, 1.165) is 0 Å². The van der Waals surface area contributed by atoms with Crippen molar-refractivity contribution in [2.24, 2.45) is 0 Å². The van der Waals surface area contributed by atoms with E-state index >= 15 is 0 Å². The molecule has 1 heterocycles. The Bertz CT molecular complexity index is 1100. The van der Waals surface area contributed by atoms with Gasteiger partial charge in [0.2, 0.25) is 0 Å². The number of carbonyl (C=O) groups excluding carboxylic acids is 2. The third-order valence-corrected chi connectivity index (χ3v) is 4.26. The van der Waals surface area contributed by atoms with Gasteiger partial charge in [0.25, 0.3) is 5.91 Å². The van der Waals surface area contributed by atoms with Gasteiger partial charge in [-0.15, -0.1) is 0 Å². The Hall–Kier alpha value is -4.34. The second-order valence-corrected chi connectivity index (χ2v) is 6.34. The average molecular weight is 439 g/mol. The Morgan fingerprint density at radius 1 is 1.03 bits per heavy atom. The van der Waals surface area contributed by atoms with E-state index in [2.05, 4.69) is 10.3 Å². The molecule has 10 heteroatoms. The van der Waals surface area contributed by atoms with Crippen molar-refractivity contribution in [1.29, 1.82) is 0 Å². The van der Waals surface area contributed by atoms with Gasteiger partial charge < -0.3 is 29.5 Å². The van der Waals surface area contributed by atoms with Crippen LogP contribution >= 0.6 is 0 Å². The highest BCUT2D eigenvalue weighted by Gasteiger charge is 2.16. The van der Waals surface area contributed by atoms with Crippen molar-refractivity contribution in [3.05, 3.63) is 77.5 Å². The fraction of sp³-hybridized carbons (Fsp3) is 0.182. The van der Waals surface area contributed by atoms with E-state index in [1.165, 1.54) is 50.9 Å². The van der Waals surface area contributed by atoms with Crippen LogP contribution < -0.4 is 24.3 Å². The van der Waals surface area contributed by atoms with Gasteiger partial charge in [0.05, 0.1) is 31.7 Å². The number of carbonyl (C=O) groups is 2. The van der Waals surface area contributed by atoms with E-state index in [-0.39, 0.29) is 36.1 Å². The Balaban J connectivity index is 1.60. The molecule has 0 aliphatic heterocycles. The van der Waals surface area contributed by atoms with Crippen molar-refractivity contribution in [3.8, 4) is 17.2 Å². The fourth-order valence-electron chi connectivity index (χ4n) is 2.69. The zero-order valence-electron chi connectivity index (χ0n) is 17.4. The van der Waals surface area contributed by atoms with E-state index in [9.17, 15) is 14.8 Å². The maximum atomic E-state index is 12.3. The van der Waals surface area contributed by atoms with Crippen LogP contribution in [0.15, 0.2) is 60.9 Å². The summed E-state index contributed by atoms with van der Waals surface area (Å²) in [7, 11) is 2.91. The molecule has 0 aliphatic carbocycles. The van der Waals surface area contributed by atoms with Crippen LogP contribution in [-0.2, 0) is 16.1 Å². The summed E-state index contributed by atoms with van der Waals surface area (Å²) in [6.45, 7) is -0.575. The van der Waals surface area contributed by atoms with Crippen LogP contribution in [0.2, 0.25) is 0 Å². The van der Waals surface area contributed by atoms with E-state index in [0.29, 0.717) is 16.2 Å². The minimum atomic E-state index is -0.672. The number of hydrogen-bond donors (Lipinski definition) is 1. The van der Waals surface area contributed by atoms with Gasteiger partial charge in [-0.2, -0.15) is 0 Å². The fourth-order valence-corrected chi connectivity index (χ4v) is 2.69. The molecular weight excluding hydrogens is 418 g/mol. The lowest BCUT2D eigenvalue weighted by Crippen LogP contribution is -2.33. The second-order valence-electron chi connectivity index (χ2n) is 6.34. The number of anilines is 1. The predicted molar refractivity (Wildman–Crippen MR) is 112 cm³/mol. The normalized spacial score (nSPS) is 10.2. The molecular formula is C22H21N3O7. The summed E-state index contributed by atoms with van der Waals surface area (Å²) in [4.78, 5) is 28.4. The van der Waals surface area contributed by atoms with E-state index in [1.54, 1.807) is 24.3 Å². The van der Waals surface area contributed by atoms with Crippen molar-refractivity contribution < 1.29 is 33.3 Å². The van der Waals surface area contributed by atoms with Gasteiger partial charge >= 0.3 is 11.8 Å². The smallest absolute Gasteiger partial charge is 0.339 e. The molecule has 0 atom stereocenters. The van der Waals surface area contributed by atoms with Gasteiger partial charge in [-0.1, -0.05) is 12.1 Å². The van der Waals surface area contributed by atoms with Crippen molar-refractivity contribution in [3.63, 3.8) is 0 Å². The summed E-state index contributed by atoms with van der Waals surface area (Å²) in [6, 6.07) is 12.8. The molecule has 0 fully saturated rings. The maximum Gasteiger partial charge on any atom is 0.339 e. The molecule has 0 radical (unpaired) electrons. The second kappa shape index (κ2) is 10.6. The first kappa shape index (κ1) is 22.3. The van der Waals surface area contributed by atoms with Gasteiger partial charge in [0, 0.05) is 6.07 Å². The molecule has 10 nitrogen and oxygen atoms in total. The van der Waals surface area contributed by atoms with Crippen LogP contribution in [0.1, 0.15) is 16.2 Å². The van der Waals surface area contributed by atoms with Crippen LogP contribution in [0.25, 0.3) is 0 Å². The lowest BCUT2D eigenvalue weighted by Gasteiger charge is -2.13. The van der Waals surface area contributed by atoms with Crippen LogP contribution in [0.3, 0.4) is 0 Å². The molecule has 0 unspecified atom stereocenters.